The van der Waals surface area contributed by atoms with Crippen molar-refractivity contribution in [3.8, 4) is 0 Å². The number of aromatic amines is 1. The molecule has 1 aliphatic rings. The Bertz CT molecular complexity index is 693. The molecule has 2 atom stereocenters. The van der Waals surface area contributed by atoms with Crippen molar-refractivity contribution in [3.05, 3.63) is 53.3 Å². The molecule has 4 nitrogen and oxygen atoms in total. The predicted molar refractivity (Wildman–Crippen MR) is 85.0 cm³/mol. The third kappa shape index (κ3) is 3.60. The first-order chi connectivity index (χ1) is 11.4. The van der Waals surface area contributed by atoms with Crippen LogP contribution in [0.1, 0.15) is 48.6 Å². The van der Waals surface area contributed by atoms with E-state index in [0.717, 1.165) is 30.9 Å². The van der Waals surface area contributed by atoms with E-state index in [2.05, 4.69) is 15.5 Å². The number of H-pyrrole nitrogens is 1. The van der Waals surface area contributed by atoms with E-state index in [-0.39, 0.29) is 12.0 Å². The zero-order valence-electron chi connectivity index (χ0n) is 13.0. The summed E-state index contributed by atoms with van der Waals surface area (Å²) < 4.78 is 38.7. The van der Waals surface area contributed by atoms with Crippen LogP contribution in [-0.4, -0.2) is 22.1 Å². The van der Waals surface area contributed by atoms with E-state index in [0.29, 0.717) is 18.0 Å². The molecule has 128 valence electrons. The SMILES string of the molecule is N=C1CCCCC(C(c2ccccc2)c2cc(C(F)(F)F)n[nH]2)N1. The fraction of sp³-hybridized carbons (Fsp3) is 0.412. The number of halogens is 3. The van der Waals surface area contributed by atoms with Crippen LogP contribution in [0.2, 0.25) is 0 Å². The summed E-state index contributed by atoms with van der Waals surface area (Å²) in [6, 6.07) is 10.3. The Morgan fingerprint density at radius 1 is 1.17 bits per heavy atom. The first kappa shape index (κ1) is 16.5. The zero-order valence-corrected chi connectivity index (χ0v) is 13.0. The molecule has 0 amide bonds. The smallest absolute Gasteiger partial charge is 0.370 e. The average Bonchev–Trinajstić information content (AvgIpc) is 2.93. The quantitative estimate of drug-likeness (QED) is 0.791. The van der Waals surface area contributed by atoms with Crippen molar-refractivity contribution in [2.45, 2.75) is 43.8 Å². The van der Waals surface area contributed by atoms with Crippen molar-refractivity contribution in [2.24, 2.45) is 0 Å². The first-order valence-corrected chi connectivity index (χ1v) is 7.96. The minimum absolute atomic E-state index is 0.135. The van der Waals surface area contributed by atoms with Gasteiger partial charge in [0.15, 0.2) is 5.69 Å². The van der Waals surface area contributed by atoms with Crippen molar-refractivity contribution in [3.63, 3.8) is 0 Å². The molecule has 1 saturated heterocycles. The lowest BCUT2D eigenvalue weighted by atomic mass is 9.86. The van der Waals surface area contributed by atoms with Gasteiger partial charge in [-0.2, -0.15) is 18.3 Å². The standard InChI is InChI=1S/C17H19F3N4/c18-17(19,20)14-10-13(23-24-14)16(11-6-2-1-3-7-11)12-8-4-5-9-15(21)22-12/h1-3,6-7,10,12,16H,4-5,8-9H2,(H2,21,22)(H,23,24). The van der Waals surface area contributed by atoms with Gasteiger partial charge in [-0.15, -0.1) is 0 Å². The van der Waals surface area contributed by atoms with Gasteiger partial charge in [0.25, 0.3) is 0 Å². The average molecular weight is 336 g/mol. The van der Waals surface area contributed by atoms with Gasteiger partial charge < -0.3 is 5.32 Å². The number of rotatable bonds is 3. The Labute approximate surface area is 138 Å². The second-order valence-corrected chi connectivity index (χ2v) is 6.07. The summed E-state index contributed by atoms with van der Waals surface area (Å²) in [4.78, 5) is 0. The Balaban J connectivity index is 1.99. The lowest BCUT2D eigenvalue weighted by Crippen LogP contribution is -2.38. The molecule has 1 aromatic carbocycles. The van der Waals surface area contributed by atoms with Crippen LogP contribution in [0.3, 0.4) is 0 Å². The summed E-state index contributed by atoms with van der Waals surface area (Å²) in [5, 5.41) is 17.1. The number of amidine groups is 1. The summed E-state index contributed by atoms with van der Waals surface area (Å²) in [6.45, 7) is 0. The highest BCUT2D eigenvalue weighted by molar-refractivity contribution is 5.79. The van der Waals surface area contributed by atoms with E-state index in [4.69, 9.17) is 5.41 Å². The van der Waals surface area contributed by atoms with Crippen LogP contribution in [0.4, 0.5) is 13.2 Å². The minimum atomic E-state index is -4.47. The van der Waals surface area contributed by atoms with E-state index < -0.39 is 11.9 Å². The Morgan fingerprint density at radius 2 is 1.92 bits per heavy atom. The van der Waals surface area contributed by atoms with Gasteiger partial charge in [-0.1, -0.05) is 36.8 Å². The summed E-state index contributed by atoms with van der Waals surface area (Å²) in [6.07, 6.45) is -1.15. The van der Waals surface area contributed by atoms with Gasteiger partial charge in [0.2, 0.25) is 0 Å². The van der Waals surface area contributed by atoms with Gasteiger partial charge >= 0.3 is 6.18 Å². The first-order valence-electron chi connectivity index (χ1n) is 7.96. The Morgan fingerprint density at radius 3 is 2.58 bits per heavy atom. The normalized spacial score (nSPS) is 20.3. The second kappa shape index (κ2) is 6.67. The molecule has 2 unspecified atom stereocenters. The van der Waals surface area contributed by atoms with Crippen LogP contribution in [0, 0.1) is 5.41 Å². The number of nitrogens with zero attached hydrogens (tertiary/aromatic N) is 1. The van der Waals surface area contributed by atoms with Crippen LogP contribution < -0.4 is 5.32 Å². The van der Waals surface area contributed by atoms with Crippen molar-refractivity contribution in [2.75, 3.05) is 0 Å². The number of aromatic nitrogens is 2. The molecular weight excluding hydrogens is 317 g/mol. The van der Waals surface area contributed by atoms with Crippen LogP contribution in [-0.2, 0) is 6.18 Å². The van der Waals surface area contributed by atoms with Crippen molar-refractivity contribution in [1.82, 2.24) is 15.5 Å². The molecule has 0 bridgehead atoms. The Hall–Kier alpha value is -2.31. The van der Waals surface area contributed by atoms with E-state index >= 15 is 0 Å². The van der Waals surface area contributed by atoms with E-state index in [1.54, 1.807) is 0 Å². The van der Waals surface area contributed by atoms with Crippen LogP contribution in [0.15, 0.2) is 36.4 Å². The molecule has 0 radical (unpaired) electrons. The molecule has 0 aliphatic carbocycles. The molecule has 24 heavy (non-hydrogen) atoms. The van der Waals surface area contributed by atoms with E-state index in [9.17, 15) is 13.2 Å². The van der Waals surface area contributed by atoms with Gasteiger partial charge in [0.1, 0.15) is 0 Å². The molecule has 2 aromatic rings. The summed E-state index contributed by atoms with van der Waals surface area (Å²) in [7, 11) is 0. The highest BCUT2D eigenvalue weighted by Gasteiger charge is 2.36. The van der Waals surface area contributed by atoms with Crippen molar-refractivity contribution >= 4 is 5.84 Å². The van der Waals surface area contributed by atoms with Gasteiger partial charge in [-0.3, -0.25) is 10.5 Å². The summed E-state index contributed by atoms with van der Waals surface area (Å²) >= 11 is 0. The van der Waals surface area contributed by atoms with Crippen LogP contribution in [0.25, 0.3) is 0 Å². The maximum absolute atomic E-state index is 12.9. The molecule has 0 spiro atoms. The lowest BCUT2D eigenvalue weighted by Gasteiger charge is -2.27. The number of benzene rings is 1. The lowest BCUT2D eigenvalue weighted by molar-refractivity contribution is -0.141. The van der Waals surface area contributed by atoms with E-state index in [1.807, 2.05) is 30.3 Å². The highest BCUT2D eigenvalue weighted by Crippen LogP contribution is 2.34. The molecule has 1 aliphatic heterocycles. The molecule has 7 heteroatoms. The second-order valence-electron chi connectivity index (χ2n) is 6.07. The molecule has 3 N–H and O–H groups in total. The van der Waals surface area contributed by atoms with Gasteiger partial charge in [0.05, 0.1) is 5.84 Å². The molecule has 3 rings (SSSR count). The van der Waals surface area contributed by atoms with Crippen molar-refractivity contribution < 1.29 is 13.2 Å². The maximum Gasteiger partial charge on any atom is 0.435 e. The van der Waals surface area contributed by atoms with Crippen LogP contribution >= 0.6 is 0 Å². The number of hydrogen-bond acceptors (Lipinski definition) is 2. The largest absolute Gasteiger partial charge is 0.435 e. The Kier molecular flexibility index (Phi) is 4.59. The maximum atomic E-state index is 12.9. The van der Waals surface area contributed by atoms with Crippen LogP contribution in [0.5, 0.6) is 0 Å². The van der Waals surface area contributed by atoms with Gasteiger partial charge in [0, 0.05) is 24.1 Å². The monoisotopic (exact) mass is 336 g/mol. The predicted octanol–water partition coefficient (Wildman–Crippen LogP) is 4.07. The fourth-order valence-corrected chi connectivity index (χ4v) is 3.21. The third-order valence-electron chi connectivity index (χ3n) is 4.34. The number of nitrogens with one attached hydrogen (secondary N) is 3. The molecular formula is C17H19F3N4. The minimum Gasteiger partial charge on any atom is -0.370 e. The number of hydrogen-bond donors (Lipinski definition) is 3. The topological polar surface area (TPSA) is 64.6 Å². The third-order valence-corrected chi connectivity index (χ3v) is 4.34. The highest BCUT2D eigenvalue weighted by atomic mass is 19.4. The van der Waals surface area contributed by atoms with Gasteiger partial charge in [-0.25, -0.2) is 0 Å². The van der Waals surface area contributed by atoms with Crippen molar-refractivity contribution in [1.29, 1.82) is 5.41 Å². The molecule has 1 aromatic heterocycles. The number of alkyl halides is 3. The summed E-state index contributed by atoms with van der Waals surface area (Å²) in [5.74, 6) is 0.127. The zero-order chi connectivity index (χ0) is 17.2. The molecule has 2 heterocycles. The fourth-order valence-electron chi connectivity index (χ4n) is 3.21. The molecule has 1 fully saturated rings. The van der Waals surface area contributed by atoms with E-state index in [1.165, 1.54) is 0 Å². The van der Waals surface area contributed by atoms with Gasteiger partial charge in [-0.05, 0) is 24.5 Å². The molecule has 0 saturated carbocycles. The summed E-state index contributed by atoms with van der Waals surface area (Å²) in [5.41, 5.74) is 0.407.